The van der Waals surface area contributed by atoms with E-state index in [1.54, 1.807) is 14.2 Å². The summed E-state index contributed by atoms with van der Waals surface area (Å²) in [6, 6.07) is 5.47. The summed E-state index contributed by atoms with van der Waals surface area (Å²) in [7, 11) is 3.21. The number of nitrogens with zero attached hydrogens (tertiary/aromatic N) is 2. The Labute approximate surface area is 116 Å². The van der Waals surface area contributed by atoms with E-state index in [1.807, 2.05) is 25.1 Å². The second-order valence-corrected chi connectivity index (χ2v) is 4.19. The summed E-state index contributed by atoms with van der Waals surface area (Å²) in [6.07, 6.45) is 1.41. The first-order chi connectivity index (χ1) is 9.15. The summed E-state index contributed by atoms with van der Waals surface area (Å²) in [5.41, 5.74) is 1.52. The SMILES string of the molecule is COc1ccc(OC)c(Nc2ncnc(Cl)c2C)c1. The highest BCUT2D eigenvalue weighted by molar-refractivity contribution is 6.30. The molecule has 0 saturated carbocycles. The van der Waals surface area contributed by atoms with Gasteiger partial charge in [0.1, 0.15) is 28.8 Å². The topological polar surface area (TPSA) is 56.3 Å². The Bertz CT molecular complexity index is 590. The van der Waals surface area contributed by atoms with Crippen LogP contribution in [0.2, 0.25) is 5.15 Å². The molecule has 0 radical (unpaired) electrons. The fourth-order valence-corrected chi connectivity index (χ4v) is 1.73. The molecule has 1 aromatic carbocycles. The molecular formula is C13H14ClN3O2. The molecule has 0 bridgehead atoms. The molecule has 1 heterocycles. The third-order valence-corrected chi connectivity index (χ3v) is 3.06. The number of rotatable bonds is 4. The van der Waals surface area contributed by atoms with Crippen LogP contribution in [0.4, 0.5) is 11.5 Å². The quantitative estimate of drug-likeness (QED) is 0.871. The monoisotopic (exact) mass is 279 g/mol. The predicted octanol–water partition coefficient (Wildman–Crippen LogP) is 3.20. The molecule has 100 valence electrons. The van der Waals surface area contributed by atoms with E-state index < -0.39 is 0 Å². The van der Waals surface area contributed by atoms with E-state index in [-0.39, 0.29) is 0 Å². The third-order valence-electron chi connectivity index (χ3n) is 2.68. The summed E-state index contributed by atoms with van der Waals surface area (Å²) in [6.45, 7) is 1.84. The van der Waals surface area contributed by atoms with Crippen molar-refractivity contribution in [1.82, 2.24) is 9.97 Å². The first-order valence-electron chi connectivity index (χ1n) is 5.62. The fraction of sp³-hybridized carbons (Fsp3) is 0.231. The average molecular weight is 280 g/mol. The molecule has 0 aliphatic rings. The molecule has 0 fully saturated rings. The molecule has 0 spiro atoms. The molecule has 5 nitrogen and oxygen atoms in total. The van der Waals surface area contributed by atoms with Crippen LogP contribution < -0.4 is 14.8 Å². The highest BCUT2D eigenvalue weighted by atomic mass is 35.5. The van der Waals surface area contributed by atoms with Gasteiger partial charge in [0.05, 0.1) is 19.9 Å². The zero-order valence-electron chi connectivity index (χ0n) is 10.9. The van der Waals surface area contributed by atoms with Crippen LogP contribution in [-0.4, -0.2) is 24.2 Å². The van der Waals surface area contributed by atoms with E-state index in [4.69, 9.17) is 21.1 Å². The van der Waals surface area contributed by atoms with E-state index in [0.29, 0.717) is 16.7 Å². The first-order valence-corrected chi connectivity index (χ1v) is 5.99. The Morgan fingerprint density at radius 1 is 1.16 bits per heavy atom. The number of hydrogen-bond acceptors (Lipinski definition) is 5. The van der Waals surface area contributed by atoms with Crippen LogP contribution in [0.5, 0.6) is 11.5 Å². The van der Waals surface area contributed by atoms with Crippen LogP contribution in [-0.2, 0) is 0 Å². The number of methoxy groups -OCH3 is 2. The van der Waals surface area contributed by atoms with Gasteiger partial charge in [-0.1, -0.05) is 11.6 Å². The number of hydrogen-bond donors (Lipinski definition) is 1. The van der Waals surface area contributed by atoms with E-state index in [2.05, 4.69) is 15.3 Å². The van der Waals surface area contributed by atoms with Crippen LogP contribution in [0.25, 0.3) is 0 Å². The number of nitrogens with one attached hydrogen (secondary N) is 1. The first kappa shape index (κ1) is 13.4. The Kier molecular flexibility index (Phi) is 4.06. The molecule has 2 rings (SSSR count). The van der Waals surface area contributed by atoms with Gasteiger partial charge in [0.15, 0.2) is 0 Å². The van der Waals surface area contributed by atoms with Crippen molar-refractivity contribution in [2.75, 3.05) is 19.5 Å². The molecule has 0 saturated heterocycles. The van der Waals surface area contributed by atoms with Gasteiger partial charge in [-0.25, -0.2) is 9.97 Å². The number of ether oxygens (including phenoxy) is 2. The van der Waals surface area contributed by atoms with Crippen molar-refractivity contribution < 1.29 is 9.47 Å². The number of benzene rings is 1. The van der Waals surface area contributed by atoms with Gasteiger partial charge in [-0.3, -0.25) is 0 Å². The maximum absolute atomic E-state index is 5.97. The van der Waals surface area contributed by atoms with E-state index >= 15 is 0 Å². The highest BCUT2D eigenvalue weighted by Crippen LogP contribution is 2.32. The third kappa shape index (κ3) is 2.88. The van der Waals surface area contributed by atoms with E-state index in [1.165, 1.54) is 6.33 Å². The van der Waals surface area contributed by atoms with Gasteiger partial charge < -0.3 is 14.8 Å². The molecule has 0 unspecified atom stereocenters. The number of halogens is 1. The zero-order chi connectivity index (χ0) is 13.8. The molecule has 0 aliphatic heterocycles. The van der Waals surface area contributed by atoms with Gasteiger partial charge in [-0.05, 0) is 19.1 Å². The van der Waals surface area contributed by atoms with Crippen LogP contribution >= 0.6 is 11.6 Å². The Morgan fingerprint density at radius 3 is 2.63 bits per heavy atom. The molecule has 0 atom stereocenters. The largest absolute Gasteiger partial charge is 0.497 e. The van der Waals surface area contributed by atoms with Gasteiger partial charge >= 0.3 is 0 Å². The standard InChI is InChI=1S/C13H14ClN3O2/c1-8-12(14)15-7-16-13(8)17-10-6-9(18-2)4-5-11(10)19-3/h4-7H,1-3H3,(H,15,16,17). The minimum absolute atomic E-state index is 0.416. The molecule has 2 aromatic rings. The lowest BCUT2D eigenvalue weighted by atomic mass is 10.2. The lowest BCUT2D eigenvalue weighted by molar-refractivity contribution is 0.405. The molecule has 0 amide bonds. The van der Waals surface area contributed by atoms with Crippen LogP contribution in [0, 0.1) is 6.92 Å². The maximum atomic E-state index is 5.97. The van der Waals surface area contributed by atoms with Gasteiger partial charge in [-0.2, -0.15) is 0 Å². The van der Waals surface area contributed by atoms with Gasteiger partial charge in [0.25, 0.3) is 0 Å². The number of aromatic nitrogens is 2. The Morgan fingerprint density at radius 2 is 1.95 bits per heavy atom. The molecule has 1 N–H and O–H groups in total. The van der Waals surface area contributed by atoms with Crippen molar-refractivity contribution in [3.63, 3.8) is 0 Å². The van der Waals surface area contributed by atoms with Crippen molar-refractivity contribution in [3.8, 4) is 11.5 Å². The van der Waals surface area contributed by atoms with Crippen molar-refractivity contribution in [1.29, 1.82) is 0 Å². The number of anilines is 2. The zero-order valence-corrected chi connectivity index (χ0v) is 11.7. The van der Waals surface area contributed by atoms with Crippen LogP contribution in [0.15, 0.2) is 24.5 Å². The van der Waals surface area contributed by atoms with Crippen molar-refractivity contribution in [3.05, 3.63) is 35.2 Å². The Balaban J connectivity index is 2.39. The van der Waals surface area contributed by atoms with Crippen molar-refractivity contribution in [2.24, 2.45) is 0 Å². The van der Waals surface area contributed by atoms with Crippen LogP contribution in [0.3, 0.4) is 0 Å². The molecule has 19 heavy (non-hydrogen) atoms. The van der Waals surface area contributed by atoms with Crippen LogP contribution in [0.1, 0.15) is 5.56 Å². The molecule has 1 aromatic heterocycles. The maximum Gasteiger partial charge on any atom is 0.142 e. The van der Waals surface area contributed by atoms with Crippen molar-refractivity contribution in [2.45, 2.75) is 6.92 Å². The fourth-order valence-electron chi connectivity index (χ4n) is 1.59. The van der Waals surface area contributed by atoms with E-state index in [0.717, 1.165) is 17.0 Å². The summed E-state index contributed by atoms with van der Waals surface area (Å²) in [5.74, 6) is 2.04. The second-order valence-electron chi connectivity index (χ2n) is 3.83. The smallest absolute Gasteiger partial charge is 0.142 e. The Hall–Kier alpha value is -2.01. The molecule has 0 aliphatic carbocycles. The normalized spacial score (nSPS) is 10.1. The second kappa shape index (κ2) is 5.75. The van der Waals surface area contributed by atoms with E-state index in [9.17, 15) is 0 Å². The van der Waals surface area contributed by atoms with Gasteiger partial charge in [0.2, 0.25) is 0 Å². The summed E-state index contributed by atoms with van der Waals surface area (Å²) >= 11 is 5.97. The van der Waals surface area contributed by atoms with Crippen molar-refractivity contribution >= 4 is 23.1 Å². The predicted molar refractivity (Wildman–Crippen MR) is 74.6 cm³/mol. The average Bonchev–Trinajstić information content (AvgIpc) is 2.43. The lowest BCUT2D eigenvalue weighted by Gasteiger charge is -2.13. The molecular weight excluding hydrogens is 266 g/mol. The minimum atomic E-state index is 0.416. The lowest BCUT2D eigenvalue weighted by Crippen LogP contribution is -2.00. The summed E-state index contributed by atoms with van der Waals surface area (Å²) in [4.78, 5) is 8.08. The molecule has 6 heteroatoms. The van der Waals surface area contributed by atoms with Gasteiger partial charge in [0, 0.05) is 11.6 Å². The highest BCUT2D eigenvalue weighted by Gasteiger charge is 2.09. The summed E-state index contributed by atoms with van der Waals surface area (Å²) < 4.78 is 10.5. The minimum Gasteiger partial charge on any atom is -0.497 e. The summed E-state index contributed by atoms with van der Waals surface area (Å²) in [5, 5.41) is 3.58. The van der Waals surface area contributed by atoms with Gasteiger partial charge in [-0.15, -0.1) is 0 Å².